The van der Waals surface area contributed by atoms with Crippen LogP contribution in [0.1, 0.15) is 36.6 Å². The van der Waals surface area contributed by atoms with Crippen molar-refractivity contribution < 1.29 is 4.79 Å². The molecule has 1 aliphatic rings. The number of likely N-dealkylation sites (tertiary alicyclic amines) is 1. The number of hydrogen-bond donors (Lipinski definition) is 0. The number of hydrogen-bond acceptors (Lipinski definition) is 4. The number of carbonyl (C=O) groups is 1. The highest BCUT2D eigenvalue weighted by molar-refractivity contribution is 5.79. The van der Waals surface area contributed by atoms with Gasteiger partial charge in [0, 0.05) is 43.2 Å². The van der Waals surface area contributed by atoms with Crippen molar-refractivity contribution in [3.05, 3.63) is 54.2 Å². The largest absolute Gasteiger partial charge is 0.342 e. The van der Waals surface area contributed by atoms with Crippen LogP contribution in [0.15, 0.2) is 42.9 Å². The lowest BCUT2D eigenvalue weighted by Crippen LogP contribution is -2.39. The van der Waals surface area contributed by atoms with Gasteiger partial charge in [0.25, 0.3) is 0 Å². The van der Waals surface area contributed by atoms with E-state index in [9.17, 15) is 4.79 Å². The van der Waals surface area contributed by atoms with E-state index in [0.29, 0.717) is 13.0 Å². The highest BCUT2D eigenvalue weighted by Gasteiger charge is 2.25. The molecule has 1 aromatic carbocycles. The van der Waals surface area contributed by atoms with Crippen LogP contribution in [0.3, 0.4) is 0 Å². The molecule has 0 saturated carbocycles. The molecule has 1 atom stereocenters. The van der Waals surface area contributed by atoms with E-state index in [1.807, 2.05) is 53.2 Å². The maximum atomic E-state index is 12.7. The van der Waals surface area contributed by atoms with Gasteiger partial charge in [0.1, 0.15) is 0 Å². The maximum absolute atomic E-state index is 12.7. The Labute approximate surface area is 152 Å². The second-order valence-electron chi connectivity index (χ2n) is 6.94. The lowest BCUT2D eigenvalue weighted by molar-refractivity contribution is -0.132. The number of amides is 1. The SMILES string of the molecule is Cc1cncc(C2CCCN(C(=O)CCn3ncc4ccccc43)C2)n1. The standard InChI is InChI=1S/C20H23N5O/c1-15-11-21-13-18(23-15)17-6-4-9-24(14-17)20(26)8-10-25-19-7-3-2-5-16(19)12-22-25/h2-3,5,7,11-13,17H,4,6,8-10,14H2,1H3. The number of nitrogens with zero attached hydrogens (tertiary/aromatic N) is 5. The minimum absolute atomic E-state index is 0.190. The van der Waals surface area contributed by atoms with E-state index < -0.39 is 0 Å². The molecule has 6 heteroatoms. The van der Waals surface area contributed by atoms with E-state index in [1.54, 1.807) is 6.20 Å². The fourth-order valence-corrected chi connectivity index (χ4v) is 3.69. The highest BCUT2D eigenvalue weighted by atomic mass is 16.2. The Morgan fingerprint density at radius 3 is 3.00 bits per heavy atom. The Morgan fingerprint density at radius 1 is 1.23 bits per heavy atom. The molecule has 134 valence electrons. The first-order chi connectivity index (χ1) is 12.7. The van der Waals surface area contributed by atoms with E-state index in [1.165, 1.54) is 0 Å². The summed E-state index contributed by atoms with van der Waals surface area (Å²) < 4.78 is 1.92. The fraction of sp³-hybridized carbons (Fsp3) is 0.400. The fourth-order valence-electron chi connectivity index (χ4n) is 3.69. The smallest absolute Gasteiger partial charge is 0.224 e. The lowest BCUT2D eigenvalue weighted by atomic mass is 9.94. The first-order valence-electron chi connectivity index (χ1n) is 9.17. The Hall–Kier alpha value is -2.76. The van der Waals surface area contributed by atoms with Crippen LogP contribution in [-0.4, -0.2) is 43.6 Å². The topological polar surface area (TPSA) is 63.9 Å². The van der Waals surface area contributed by atoms with Crippen molar-refractivity contribution in [2.45, 2.75) is 38.6 Å². The molecule has 26 heavy (non-hydrogen) atoms. The average Bonchev–Trinajstić information content (AvgIpc) is 3.09. The Kier molecular flexibility index (Phi) is 4.65. The minimum Gasteiger partial charge on any atom is -0.342 e. The van der Waals surface area contributed by atoms with Crippen LogP contribution in [-0.2, 0) is 11.3 Å². The second-order valence-corrected chi connectivity index (χ2v) is 6.94. The van der Waals surface area contributed by atoms with E-state index in [0.717, 1.165) is 48.2 Å². The molecule has 6 nitrogen and oxygen atoms in total. The zero-order chi connectivity index (χ0) is 17.9. The molecule has 0 bridgehead atoms. The first-order valence-corrected chi connectivity index (χ1v) is 9.17. The second kappa shape index (κ2) is 7.23. The third kappa shape index (κ3) is 3.45. The molecule has 0 spiro atoms. The number of para-hydroxylation sites is 1. The van der Waals surface area contributed by atoms with E-state index in [4.69, 9.17) is 0 Å². The van der Waals surface area contributed by atoms with Gasteiger partial charge in [0.2, 0.25) is 5.91 Å². The summed E-state index contributed by atoms with van der Waals surface area (Å²) in [5.74, 6) is 0.473. The van der Waals surface area contributed by atoms with Crippen molar-refractivity contribution in [2.75, 3.05) is 13.1 Å². The summed E-state index contributed by atoms with van der Waals surface area (Å²) in [7, 11) is 0. The molecule has 3 aromatic rings. The van der Waals surface area contributed by atoms with Crippen molar-refractivity contribution in [2.24, 2.45) is 0 Å². The molecule has 1 unspecified atom stereocenters. The number of aryl methyl sites for hydroxylation is 2. The number of aromatic nitrogens is 4. The summed E-state index contributed by atoms with van der Waals surface area (Å²) in [5, 5.41) is 5.52. The molecule has 1 fully saturated rings. The Balaban J connectivity index is 1.40. The number of piperidine rings is 1. The van der Waals surface area contributed by atoms with Gasteiger partial charge in [0.15, 0.2) is 0 Å². The van der Waals surface area contributed by atoms with E-state index in [2.05, 4.69) is 15.1 Å². The van der Waals surface area contributed by atoms with Crippen molar-refractivity contribution in [1.29, 1.82) is 0 Å². The van der Waals surface area contributed by atoms with Crippen LogP contribution in [0, 0.1) is 6.92 Å². The van der Waals surface area contributed by atoms with Crippen molar-refractivity contribution >= 4 is 16.8 Å². The quantitative estimate of drug-likeness (QED) is 0.726. The molecule has 1 amide bonds. The third-order valence-corrected chi connectivity index (χ3v) is 5.05. The van der Waals surface area contributed by atoms with Crippen LogP contribution < -0.4 is 0 Å². The average molecular weight is 349 g/mol. The maximum Gasteiger partial charge on any atom is 0.224 e. The van der Waals surface area contributed by atoms with Crippen LogP contribution in [0.5, 0.6) is 0 Å². The Morgan fingerprint density at radius 2 is 2.12 bits per heavy atom. The minimum atomic E-state index is 0.190. The van der Waals surface area contributed by atoms with Gasteiger partial charge < -0.3 is 4.90 Å². The van der Waals surface area contributed by atoms with E-state index >= 15 is 0 Å². The van der Waals surface area contributed by atoms with Gasteiger partial charge in [-0.3, -0.25) is 19.4 Å². The summed E-state index contributed by atoms with van der Waals surface area (Å²) in [6, 6.07) is 8.08. The summed E-state index contributed by atoms with van der Waals surface area (Å²) >= 11 is 0. The van der Waals surface area contributed by atoms with Crippen molar-refractivity contribution in [1.82, 2.24) is 24.6 Å². The molecule has 3 heterocycles. The molecule has 2 aromatic heterocycles. The zero-order valence-electron chi connectivity index (χ0n) is 15.0. The summed E-state index contributed by atoms with van der Waals surface area (Å²) in [6.45, 7) is 4.12. The van der Waals surface area contributed by atoms with Crippen molar-refractivity contribution in [3.8, 4) is 0 Å². The monoisotopic (exact) mass is 349 g/mol. The van der Waals surface area contributed by atoms with Crippen LogP contribution in [0.4, 0.5) is 0 Å². The number of rotatable bonds is 4. The van der Waals surface area contributed by atoms with E-state index in [-0.39, 0.29) is 11.8 Å². The normalized spacial score (nSPS) is 17.6. The van der Waals surface area contributed by atoms with Gasteiger partial charge in [-0.25, -0.2) is 0 Å². The molecule has 0 radical (unpaired) electrons. The van der Waals surface area contributed by atoms with Gasteiger partial charge in [-0.1, -0.05) is 18.2 Å². The van der Waals surface area contributed by atoms with Crippen LogP contribution in [0.2, 0.25) is 0 Å². The number of carbonyl (C=O) groups excluding carboxylic acids is 1. The van der Waals surface area contributed by atoms with Gasteiger partial charge in [-0.2, -0.15) is 5.10 Å². The summed E-state index contributed by atoms with van der Waals surface area (Å²) in [5.41, 5.74) is 3.00. The molecule has 1 saturated heterocycles. The van der Waals surface area contributed by atoms with Gasteiger partial charge in [-0.15, -0.1) is 0 Å². The summed E-state index contributed by atoms with van der Waals surface area (Å²) in [4.78, 5) is 23.5. The number of fused-ring (bicyclic) bond motifs is 1. The number of benzene rings is 1. The molecule has 0 N–H and O–H groups in total. The molecule has 4 rings (SSSR count). The summed E-state index contributed by atoms with van der Waals surface area (Å²) in [6.07, 6.45) is 8.00. The molecule has 1 aliphatic heterocycles. The lowest BCUT2D eigenvalue weighted by Gasteiger charge is -2.32. The van der Waals surface area contributed by atoms with Gasteiger partial charge >= 0.3 is 0 Å². The van der Waals surface area contributed by atoms with Crippen molar-refractivity contribution in [3.63, 3.8) is 0 Å². The molecule has 0 aliphatic carbocycles. The Bertz CT molecular complexity index is 919. The molecular weight excluding hydrogens is 326 g/mol. The predicted octanol–water partition coefficient (Wildman–Crippen LogP) is 2.93. The first kappa shape index (κ1) is 16.7. The molecular formula is C20H23N5O. The van der Waals surface area contributed by atoms with Gasteiger partial charge in [0.05, 0.1) is 29.6 Å². The van der Waals surface area contributed by atoms with Gasteiger partial charge in [-0.05, 0) is 25.8 Å². The highest BCUT2D eigenvalue weighted by Crippen LogP contribution is 2.25. The van der Waals surface area contributed by atoms with Crippen LogP contribution in [0.25, 0.3) is 10.9 Å². The van der Waals surface area contributed by atoms with Crippen LogP contribution >= 0.6 is 0 Å². The predicted molar refractivity (Wildman–Crippen MR) is 99.7 cm³/mol. The third-order valence-electron chi connectivity index (χ3n) is 5.05. The zero-order valence-corrected chi connectivity index (χ0v) is 15.0.